The van der Waals surface area contributed by atoms with Crippen LogP contribution in [0.1, 0.15) is 36.0 Å². The summed E-state index contributed by atoms with van der Waals surface area (Å²) in [6.45, 7) is -0.526. The minimum absolute atomic E-state index is 0.00703. The van der Waals surface area contributed by atoms with Crippen LogP contribution >= 0.6 is 22.7 Å². The number of benzene rings is 3. The van der Waals surface area contributed by atoms with Crippen LogP contribution in [-0.4, -0.2) is 51.4 Å². The second-order valence-electron chi connectivity index (χ2n) is 9.16. The first-order valence-corrected chi connectivity index (χ1v) is 14.0. The van der Waals surface area contributed by atoms with Crippen molar-refractivity contribution in [2.24, 2.45) is 5.73 Å². The summed E-state index contributed by atoms with van der Waals surface area (Å²) in [7, 11) is 0. The van der Waals surface area contributed by atoms with Gasteiger partial charge in [0.1, 0.15) is 17.2 Å². The quantitative estimate of drug-likeness (QED) is 0.0666. The van der Waals surface area contributed by atoms with E-state index in [1.807, 2.05) is 0 Å². The van der Waals surface area contributed by atoms with Gasteiger partial charge in [0.25, 0.3) is 5.91 Å². The molecule has 0 bridgehead atoms. The average molecular weight is 603 g/mol. The van der Waals surface area contributed by atoms with E-state index < -0.39 is 30.4 Å². The molecular weight excluding hydrogens is 580 g/mol. The summed E-state index contributed by atoms with van der Waals surface area (Å²) in [5, 5.41) is 31.6. The van der Waals surface area contributed by atoms with Gasteiger partial charge in [-0.05, 0) is 71.6 Å². The molecule has 2 heterocycles. The number of thiophene rings is 2. The Bertz CT molecular complexity index is 1880. The van der Waals surface area contributed by atoms with E-state index in [1.54, 1.807) is 60.0 Å². The van der Waals surface area contributed by atoms with Crippen molar-refractivity contribution in [1.29, 1.82) is 5.41 Å². The van der Waals surface area contributed by atoms with Crippen LogP contribution in [0.25, 0.3) is 20.2 Å². The largest absolute Gasteiger partial charge is 0.480 e. The maximum Gasteiger partial charge on any atom is 0.345 e. The topological polar surface area (TPSA) is 183 Å². The van der Waals surface area contributed by atoms with Gasteiger partial charge in [0.05, 0.1) is 11.1 Å². The lowest BCUT2D eigenvalue weighted by Crippen LogP contribution is -2.35. The van der Waals surface area contributed by atoms with Crippen molar-refractivity contribution in [3.8, 4) is 5.75 Å². The third-order valence-corrected chi connectivity index (χ3v) is 8.22. The maximum atomic E-state index is 13.5. The van der Waals surface area contributed by atoms with Gasteiger partial charge in [0.2, 0.25) is 0 Å². The number of esters is 1. The molecule has 11 nitrogen and oxygen atoms in total. The van der Waals surface area contributed by atoms with E-state index in [2.05, 4.69) is 5.32 Å². The molecule has 42 heavy (non-hydrogen) atoms. The number of amides is 1. The number of guanidine groups is 1. The van der Waals surface area contributed by atoms with Crippen molar-refractivity contribution in [1.82, 2.24) is 4.90 Å². The lowest BCUT2D eigenvalue weighted by Gasteiger charge is -2.21. The third kappa shape index (κ3) is 6.22. The molecule has 3 aromatic carbocycles. The highest BCUT2D eigenvalue weighted by Crippen LogP contribution is 2.32. The number of carboxylic acids is 2. The Hall–Kier alpha value is -5.27. The zero-order valence-corrected chi connectivity index (χ0v) is 23.3. The van der Waals surface area contributed by atoms with Crippen molar-refractivity contribution < 1.29 is 34.1 Å². The minimum Gasteiger partial charge on any atom is -0.480 e. The summed E-state index contributed by atoms with van der Waals surface area (Å²) >= 11 is 2.39. The van der Waals surface area contributed by atoms with Crippen molar-refractivity contribution >= 4 is 78.3 Å². The van der Waals surface area contributed by atoms with Gasteiger partial charge in [0.15, 0.2) is 5.96 Å². The van der Waals surface area contributed by atoms with E-state index in [4.69, 9.17) is 15.9 Å². The average Bonchev–Trinajstić information content (AvgIpc) is 3.56. The van der Waals surface area contributed by atoms with Gasteiger partial charge in [-0.3, -0.25) is 15.0 Å². The molecule has 2 aromatic heterocycles. The Morgan fingerprint density at radius 2 is 1.71 bits per heavy atom. The molecule has 0 aliphatic carbocycles. The van der Waals surface area contributed by atoms with Gasteiger partial charge in [0, 0.05) is 32.4 Å². The number of carboxylic acid groups (broad SMARTS) is 2. The molecule has 0 fully saturated rings. The Morgan fingerprint density at radius 3 is 2.40 bits per heavy atom. The Kier molecular flexibility index (Phi) is 7.86. The number of aliphatic carboxylic acids is 1. The summed E-state index contributed by atoms with van der Waals surface area (Å²) < 4.78 is 6.94. The molecule has 5 aromatic rings. The van der Waals surface area contributed by atoms with Crippen molar-refractivity contribution in [3.05, 3.63) is 93.7 Å². The predicted molar refractivity (Wildman–Crippen MR) is 160 cm³/mol. The van der Waals surface area contributed by atoms with Crippen LogP contribution in [-0.2, 0) is 11.3 Å². The smallest absolute Gasteiger partial charge is 0.345 e. The maximum absolute atomic E-state index is 13.5. The molecule has 1 amide bonds. The summed E-state index contributed by atoms with van der Waals surface area (Å²) in [4.78, 5) is 50.5. The van der Waals surface area contributed by atoms with Gasteiger partial charge >= 0.3 is 17.9 Å². The first-order valence-electron chi connectivity index (χ1n) is 12.3. The fourth-order valence-corrected chi connectivity index (χ4v) is 6.14. The standard InChI is InChI=1S/C29H22N4O7S2/c30-29(31)32-18-4-2-16(3-5-18)28(39)40-19-6-7-20-21(14-41-23(20)11-19)26(36)33(13-25(34)35)12-15-1-8-22-17(9-15)10-24(42-22)27(37)38/h1-11,14H,12-13H2,(H,34,35)(H,37,38)(H4,30,31,32). The van der Waals surface area contributed by atoms with Gasteiger partial charge < -0.3 is 30.9 Å². The molecule has 0 unspecified atom stereocenters. The molecule has 0 spiro atoms. The normalized spacial score (nSPS) is 10.9. The SMILES string of the molecule is N=C(N)Nc1ccc(C(=O)Oc2ccc3c(C(=O)N(CC(=O)O)Cc4ccc5sc(C(=O)O)cc5c4)csc3c2)cc1. The minimum atomic E-state index is -1.17. The summed E-state index contributed by atoms with van der Waals surface area (Å²) in [5.74, 6) is -3.24. The molecule has 5 rings (SSSR count). The number of carbonyl (C=O) groups is 4. The number of fused-ring (bicyclic) bond motifs is 2. The van der Waals surface area contributed by atoms with E-state index in [0.717, 1.165) is 16.0 Å². The number of aromatic carboxylic acids is 1. The molecule has 0 atom stereocenters. The number of hydrogen-bond acceptors (Lipinski definition) is 8. The van der Waals surface area contributed by atoms with Gasteiger partial charge in [-0.1, -0.05) is 6.07 Å². The molecule has 0 saturated carbocycles. The van der Waals surface area contributed by atoms with Crippen LogP contribution in [0.3, 0.4) is 0 Å². The predicted octanol–water partition coefficient (Wildman–Crippen LogP) is 5.07. The lowest BCUT2D eigenvalue weighted by molar-refractivity contribution is -0.137. The zero-order chi connectivity index (χ0) is 30.0. The summed E-state index contributed by atoms with van der Waals surface area (Å²) in [6.07, 6.45) is 0. The van der Waals surface area contributed by atoms with E-state index in [1.165, 1.54) is 28.4 Å². The lowest BCUT2D eigenvalue weighted by atomic mass is 10.1. The Balaban J connectivity index is 1.34. The Labute approximate surface area is 245 Å². The van der Waals surface area contributed by atoms with E-state index in [-0.39, 0.29) is 28.7 Å². The van der Waals surface area contributed by atoms with Crippen LogP contribution in [0.4, 0.5) is 5.69 Å². The molecule has 212 valence electrons. The van der Waals surface area contributed by atoms with E-state index in [0.29, 0.717) is 32.3 Å². The first kappa shape index (κ1) is 28.3. The molecule has 0 aliphatic heterocycles. The number of hydrogen-bond donors (Lipinski definition) is 5. The monoisotopic (exact) mass is 602 g/mol. The zero-order valence-electron chi connectivity index (χ0n) is 21.6. The third-order valence-electron chi connectivity index (χ3n) is 6.17. The number of nitrogens with one attached hydrogen (secondary N) is 2. The van der Waals surface area contributed by atoms with Crippen molar-refractivity contribution in [2.75, 3.05) is 11.9 Å². The van der Waals surface area contributed by atoms with Gasteiger partial charge in [-0.25, -0.2) is 9.59 Å². The van der Waals surface area contributed by atoms with Crippen LogP contribution in [0.15, 0.2) is 72.1 Å². The number of rotatable bonds is 9. The number of ether oxygens (including phenoxy) is 1. The van der Waals surface area contributed by atoms with Crippen LogP contribution in [0.5, 0.6) is 5.75 Å². The molecular formula is C29H22N4O7S2. The molecule has 0 radical (unpaired) electrons. The highest BCUT2D eigenvalue weighted by atomic mass is 32.1. The molecule has 0 saturated heterocycles. The fourth-order valence-electron chi connectivity index (χ4n) is 4.30. The number of anilines is 1. The van der Waals surface area contributed by atoms with Crippen molar-refractivity contribution in [3.63, 3.8) is 0 Å². The number of carbonyl (C=O) groups excluding carboxylic acids is 2. The molecule has 0 aliphatic rings. The number of nitrogens with zero attached hydrogens (tertiary/aromatic N) is 1. The second kappa shape index (κ2) is 11.7. The summed E-state index contributed by atoms with van der Waals surface area (Å²) in [5.41, 5.74) is 7.11. The van der Waals surface area contributed by atoms with Crippen LogP contribution in [0.2, 0.25) is 0 Å². The van der Waals surface area contributed by atoms with Crippen LogP contribution < -0.4 is 15.8 Å². The highest BCUT2D eigenvalue weighted by molar-refractivity contribution is 7.20. The fraction of sp³-hybridized carbons (Fsp3) is 0.0690. The summed E-state index contributed by atoms with van der Waals surface area (Å²) in [6, 6.07) is 17.9. The molecule has 6 N–H and O–H groups in total. The first-order chi connectivity index (χ1) is 20.1. The van der Waals surface area contributed by atoms with E-state index >= 15 is 0 Å². The Morgan fingerprint density at radius 1 is 0.952 bits per heavy atom. The van der Waals surface area contributed by atoms with Gasteiger partial charge in [-0.2, -0.15) is 0 Å². The highest BCUT2D eigenvalue weighted by Gasteiger charge is 2.23. The second-order valence-corrected chi connectivity index (χ2v) is 11.2. The number of nitrogens with two attached hydrogens (primary N) is 1. The molecule has 13 heteroatoms. The van der Waals surface area contributed by atoms with Gasteiger partial charge in [-0.15, -0.1) is 22.7 Å². The van der Waals surface area contributed by atoms with E-state index in [9.17, 15) is 29.4 Å². The van der Waals surface area contributed by atoms with Crippen LogP contribution in [0, 0.1) is 5.41 Å². The van der Waals surface area contributed by atoms with Crippen molar-refractivity contribution in [2.45, 2.75) is 6.54 Å².